The maximum absolute atomic E-state index is 10.2. The molecular formula is C18H23NO2. The number of hydrogen-bond donors (Lipinski definition) is 3. The van der Waals surface area contributed by atoms with Gasteiger partial charge in [-0.15, -0.1) is 0 Å². The van der Waals surface area contributed by atoms with E-state index in [2.05, 4.69) is 5.32 Å². The Morgan fingerprint density at radius 1 is 1.05 bits per heavy atom. The van der Waals surface area contributed by atoms with Gasteiger partial charge in [-0.05, 0) is 49.6 Å². The van der Waals surface area contributed by atoms with Crippen LogP contribution >= 0.6 is 0 Å². The molecule has 112 valence electrons. The Bertz CT molecular complexity index is 542. The summed E-state index contributed by atoms with van der Waals surface area (Å²) in [6, 6.07) is 17.1. The van der Waals surface area contributed by atoms with E-state index < -0.39 is 6.10 Å². The third-order valence-corrected chi connectivity index (χ3v) is 3.63. The monoisotopic (exact) mass is 285 g/mol. The molecule has 3 heteroatoms. The molecule has 21 heavy (non-hydrogen) atoms. The van der Waals surface area contributed by atoms with Crippen LogP contribution in [0.1, 0.15) is 30.6 Å². The second-order valence-corrected chi connectivity index (χ2v) is 5.37. The first-order chi connectivity index (χ1) is 10.2. The van der Waals surface area contributed by atoms with Crippen LogP contribution in [0.4, 0.5) is 0 Å². The molecule has 0 heterocycles. The maximum atomic E-state index is 10.2. The van der Waals surface area contributed by atoms with Crippen LogP contribution < -0.4 is 5.32 Å². The lowest BCUT2D eigenvalue weighted by Crippen LogP contribution is -2.33. The molecule has 0 amide bonds. The van der Waals surface area contributed by atoms with Gasteiger partial charge in [0.05, 0.1) is 6.10 Å². The highest BCUT2D eigenvalue weighted by molar-refractivity contribution is 5.27. The molecule has 0 bridgehead atoms. The summed E-state index contributed by atoms with van der Waals surface area (Å²) in [5.41, 5.74) is 2.07. The highest BCUT2D eigenvalue weighted by Gasteiger charge is 2.14. The summed E-state index contributed by atoms with van der Waals surface area (Å²) in [5, 5.41) is 23.0. The van der Waals surface area contributed by atoms with Crippen molar-refractivity contribution in [2.75, 3.05) is 6.54 Å². The van der Waals surface area contributed by atoms with Crippen LogP contribution in [0.2, 0.25) is 0 Å². The van der Waals surface area contributed by atoms with Gasteiger partial charge in [0.25, 0.3) is 0 Å². The molecular weight excluding hydrogens is 262 g/mol. The van der Waals surface area contributed by atoms with Crippen LogP contribution in [0.15, 0.2) is 54.6 Å². The van der Waals surface area contributed by atoms with E-state index in [9.17, 15) is 10.2 Å². The molecule has 2 aromatic carbocycles. The van der Waals surface area contributed by atoms with Gasteiger partial charge in [-0.25, -0.2) is 0 Å². The van der Waals surface area contributed by atoms with E-state index in [1.807, 2.05) is 49.4 Å². The molecule has 3 nitrogen and oxygen atoms in total. The minimum Gasteiger partial charge on any atom is -0.508 e. The van der Waals surface area contributed by atoms with E-state index in [1.165, 1.54) is 0 Å². The summed E-state index contributed by atoms with van der Waals surface area (Å²) in [7, 11) is 0. The van der Waals surface area contributed by atoms with Gasteiger partial charge in [-0.1, -0.05) is 42.5 Å². The number of phenolic OH excluding ortho intramolecular Hbond substituents is 1. The summed E-state index contributed by atoms with van der Waals surface area (Å²) >= 11 is 0. The number of aliphatic hydroxyl groups is 1. The molecule has 2 atom stereocenters. The second-order valence-electron chi connectivity index (χ2n) is 5.37. The molecule has 0 fully saturated rings. The highest BCUT2D eigenvalue weighted by atomic mass is 16.3. The standard InChI is InChI=1S/C18H23NO2/c1-14(18(21)16-9-3-2-4-10-16)19-12-6-8-15-7-5-11-17(20)13-15/h2-5,7,9-11,13-14,18-21H,6,8,12H2,1H3. The quantitative estimate of drug-likeness (QED) is 0.685. The predicted octanol–water partition coefficient (Wildman–Crippen LogP) is 3.04. The smallest absolute Gasteiger partial charge is 0.115 e. The number of phenols is 1. The Labute approximate surface area is 126 Å². The number of hydrogen-bond acceptors (Lipinski definition) is 3. The average Bonchev–Trinajstić information content (AvgIpc) is 2.51. The Hall–Kier alpha value is -1.84. The van der Waals surface area contributed by atoms with Gasteiger partial charge in [0.2, 0.25) is 0 Å². The van der Waals surface area contributed by atoms with Crippen molar-refractivity contribution in [3.8, 4) is 5.75 Å². The maximum Gasteiger partial charge on any atom is 0.115 e. The minimum absolute atomic E-state index is 0.0107. The van der Waals surface area contributed by atoms with Crippen molar-refractivity contribution in [2.24, 2.45) is 0 Å². The van der Waals surface area contributed by atoms with Gasteiger partial charge in [-0.2, -0.15) is 0 Å². The van der Waals surface area contributed by atoms with Gasteiger partial charge in [0, 0.05) is 6.04 Å². The Morgan fingerprint density at radius 2 is 1.81 bits per heavy atom. The molecule has 2 unspecified atom stereocenters. The summed E-state index contributed by atoms with van der Waals surface area (Å²) in [5.74, 6) is 0.313. The molecule has 0 aliphatic carbocycles. The van der Waals surface area contributed by atoms with Gasteiger partial charge in [0.1, 0.15) is 5.75 Å². The summed E-state index contributed by atoms with van der Waals surface area (Å²) in [6.45, 7) is 2.83. The van der Waals surface area contributed by atoms with Crippen molar-refractivity contribution < 1.29 is 10.2 Å². The first kappa shape index (κ1) is 15.5. The van der Waals surface area contributed by atoms with E-state index in [0.717, 1.165) is 30.5 Å². The zero-order valence-electron chi connectivity index (χ0n) is 12.4. The molecule has 0 saturated heterocycles. The van der Waals surface area contributed by atoms with E-state index in [0.29, 0.717) is 5.75 Å². The van der Waals surface area contributed by atoms with Crippen LogP contribution in [-0.4, -0.2) is 22.8 Å². The highest BCUT2D eigenvalue weighted by Crippen LogP contribution is 2.16. The number of benzene rings is 2. The zero-order valence-corrected chi connectivity index (χ0v) is 12.4. The van der Waals surface area contributed by atoms with Crippen LogP contribution in [0.5, 0.6) is 5.75 Å². The third-order valence-electron chi connectivity index (χ3n) is 3.63. The molecule has 3 N–H and O–H groups in total. The summed E-state index contributed by atoms with van der Waals surface area (Å²) < 4.78 is 0. The van der Waals surface area contributed by atoms with Gasteiger partial charge in [0.15, 0.2) is 0 Å². The van der Waals surface area contributed by atoms with Gasteiger partial charge >= 0.3 is 0 Å². The summed E-state index contributed by atoms with van der Waals surface area (Å²) in [6.07, 6.45) is 1.39. The number of aromatic hydroxyl groups is 1. The van der Waals surface area contributed by atoms with Crippen molar-refractivity contribution in [3.05, 3.63) is 65.7 Å². The predicted molar refractivity (Wildman–Crippen MR) is 85.3 cm³/mol. The largest absolute Gasteiger partial charge is 0.508 e. The Balaban J connectivity index is 1.73. The normalized spacial score (nSPS) is 13.8. The lowest BCUT2D eigenvalue weighted by Gasteiger charge is -2.20. The molecule has 2 rings (SSSR count). The van der Waals surface area contributed by atoms with Gasteiger partial charge < -0.3 is 15.5 Å². The van der Waals surface area contributed by atoms with Crippen molar-refractivity contribution >= 4 is 0 Å². The van der Waals surface area contributed by atoms with E-state index >= 15 is 0 Å². The van der Waals surface area contributed by atoms with Crippen LogP contribution in [0, 0.1) is 0 Å². The molecule has 0 spiro atoms. The van der Waals surface area contributed by atoms with Crippen LogP contribution in [-0.2, 0) is 6.42 Å². The molecule has 0 aromatic heterocycles. The van der Waals surface area contributed by atoms with E-state index in [-0.39, 0.29) is 6.04 Å². The molecule has 0 aliphatic heterocycles. The SMILES string of the molecule is CC(NCCCc1cccc(O)c1)C(O)c1ccccc1. The number of aliphatic hydroxyl groups excluding tert-OH is 1. The van der Waals surface area contributed by atoms with Crippen LogP contribution in [0.3, 0.4) is 0 Å². The number of rotatable bonds is 7. The van der Waals surface area contributed by atoms with Crippen molar-refractivity contribution in [2.45, 2.75) is 31.9 Å². The lowest BCUT2D eigenvalue weighted by atomic mass is 10.0. The fourth-order valence-electron chi connectivity index (χ4n) is 2.38. The molecule has 0 saturated carbocycles. The van der Waals surface area contributed by atoms with Gasteiger partial charge in [-0.3, -0.25) is 0 Å². The zero-order chi connectivity index (χ0) is 15.1. The summed E-state index contributed by atoms with van der Waals surface area (Å²) in [4.78, 5) is 0. The van der Waals surface area contributed by atoms with Crippen LogP contribution in [0.25, 0.3) is 0 Å². The number of aryl methyl sites for hydroxylation is 1. The Morgan fingerprint density at radius 3 is 2.52 bits per heavy atom. The first-order valence-corrected chi connectivity index (χ1v) is 7.41. The molecule has 2 aromatic rings. The fourth-order valence-corrected chi connectivity index (χ4v) is 2.38. The fraction of sp³-hybridized carbons (Fsp3) is 0.333. The first-order valence-electron chi connectivity index (χ1n) is 7.41. The molecule has 0 aliphatic rings. The van der Waals surface area contributed by atoms with Crippen molar-refractivity contribution in [3.63, 3.8) is 0 Å². The van der Waals surface area contributed by atoms with E-state index in [4.69, 9.17) is 0 Å². The third kappa shape index (κ3) is 4.88. The van der Waals surface area contributed by atoms with E-state index in [1.54, 1.807) is 12.1 Å². The second kappa shape index (κ2) is 7.81. The van der Waals surface area contributed by atoms with Crippen molar-refractivity contribution in [1.29, 1.82) is 0 Å². The minimum atomic E-state index is -0.494. The average molecular weight is 285 g/mol. The Kier molecular flexibility index (Phi) is 5.78. The topological polar surface area (TPSA) is 52.5 Å². The number of nitrogens with one attached hydrogen (secondary N) is 1. The lowest BCUT2D eigenvalue weighted by molar-refractivity contribution is 0.136. The van der Waals surface area contributed by atoms with Crippen molar-refractivity contribution in [1.82, 2.24) is 5.32 Å². The molecule has 0 radical (unpaired) electrons.